The molecule has 0 atom stereocenters. The number of amides is 1. The molecule has 0 heterocycles. The predicted octanol–water partition coefficient (Wildman–Crippen LogP) is 5.23. The summed E-state index contributed by atoms with van der Waals surface area (Å²) in [5, 5.41) is 3.08. The molecular formula is C22H20Cl2N2O4S. The topological polar surface area (TPSA) is 75.7 Å². The van der Waals surface area contributed by atoms with Gasteiger partial charge in [0, 0.05) is 0 Å². The molecule has 0 aliphatic heterocycles. The number of sulfonamides is 1. The third-order valence-electron chi connectivity index (χ3n) is 4.28. The van der Waals surface area contributed by atoms with Crippen molar-refractivity contribution in [1.82, 2.24) is 0 Å². The molecule has 1 N–H and O–H groups in total. The Morgan fingerprint density at radius 1 is 0.968 bits per heavy atom. The van der Waals surface area contributed by atoms with Crippen LogP contribution in [0, 0.1) is 0 Å². The van der Waals surface area contributed by atoms with E-state index >= 15 is 0 Å². The third kappa shape index (κ3) is 5.50. The van der Waals surface area contributed by atoms with Gasteiger partial charge in [-0.1, -0.05) is 47.5 Å². The van der Waals surface area contributed by atoms with Gasteiger partial charge in [0.25, 0.3) is 10.0 Å². The van der Waals surface area contributed by atoms with Gasteiger partial charge in [-0.2, -0.15) is 0 Å². The number of benzene rings is 3. The molecule has 0 radical (unpaired) electrons. The zero-order valence-corrected chi connectivity index (χ0v) is 18.9. The molecule has 0 spiro atoms. The highest BCUT2D eigenvalue weighted by atomic mass is 35.5. The van der Waals surface area contributed by atoms with E-state index in [1.807, 2.05) is 6.92 Å². The lowest BCUT2D eigenvalue weighted by Gasteiger charge is -2.24. The lowest BCUT2D eigenvalue weighted by atomic mass is 10.3. The Kier molecular flexibility index (Phi) is 7.43. The van der Waals surface area contributed by atoms with E-state index in [1.165, 1.54) is 12.1 Å². The van der Waals surface area contributed by atoms with E-state index in [4.69, 9.17) is 27.9 Å². The van der Waals surface area contributed by atoms with Crippen molar-refractivity contribution in [2.24, 2.45) is 0 Å². The van der Waals surface area contributed by atoms with Crippen LogP contribution in [-0.4, -0.2) is 27.5 Å². The maximum absolute atomic E-state index is 13.4. The maximum atomic E-state index is 13.4. The van der Waals surface area contributed by atoms with Crippen LogP contribution in [-0.2, 0) is 14.8 Å². The molecule has 3 aromatic rings. The highest BCUT2D eigenvalue weighted by molar-refractivity contribution is 7.92. The summed E-state index contributed by atoms with van der Waals surface area (Å²) in [6.45, 7) is 1.85. The first-order valence-electron chi connectivity index (χ1n) is 9.37. The highest BCUT2D eigenvalue weighted by Crippen LogP contribution is 2.30. The largest absolute Gasteiger partial charge is 0.494 e. The van der Waals surface area contributed by atoms with Crippen molar-refractivity contribution >= 4 is 50.5 Å². The Morgan fingerprint density at radius 3 is 2.29 bits per heavy atom. The molecule has 0 unspecified atom stereocenters. The van der Waals surface area contributed by atoms with E-state index < -0.39 is 22.5 Å². The minimum atomic E-state index is -4.03. The Hall–Kier alpha value is -2.74. The number of carbonyl (C=O) groups is 1. The minimum absolute atomic E-state index is 0.0356. The van der Waals surface area contributed by atoms with Crippen molar-refractivity contribution in [3.05, 3.63) is 82.8 Å². The molecule has 1 amide bonds. The number of hydrogen-bond donors (Lipinski definition) is 1. The lowest BCUT2D eigenvalue weighted by molar-refractivity contribution is -0.114. The van der Waals surface area contributed by atoms with E-state index in [0.717, 1.165) is 4.31 Å². The van der Waals surface area contributed by atoms with Crippen molar-refractivity contribution in [3.63, 3.8) is 0 Å². The molecule has 3 aromatic carbocycles. The molecule has 9 heteroatoms. The summed E-state index contributed by atoms with van der Waals surface area (Å²) in [4.78, 5) is 12.8. The zero-order valence-electron chi connectivity index (χ0n) is 16.6. The van der Waals surface area contributed by atoms with Crippen molar-refractivity contribution in [2.45, 2.75) is 11.8 Å². The second kappa shape index (κ2) is 10.0. The highest BCUT2D eigenvalue weighted by Gasteiger charge is 2.27. The van der Waals surface area contributed by atoms with Gasteiger partial charge in [0.2, 0.25) is 5.91 Å². The van der Waals surface area contributed by atoms with Crippen LogP contribution in [0.1, 0.15) is 6.92 Å². The summed E-state index contributed by atoms with van der Waals surface area (Å²) in [7, 11) is -4.03. The fourth-order valence-electron chi connectivity index (χ4n) is 2.83. The van der Waals surface area contributed by atoms with E-state index in [-0.39, 0.29) is 14.9 Å². The van der Waals surface area contributed by atoms with Crippen LogP contribution in [0.15, 0.2) is 77.7 Å². The quantitative estimate of drug-likeness (QED) is 0.480. The average molecular weight is 479 g/mol. The van der Waals surface area contributed by atoms with Crippen molar-refractivity contribution in [2.75, 3.05) is 22.8 Å². The number of halogens is 2. The molecule has 6 nitrogen and oxygen atoms in total. The molecule has 31 heavy (non-hydrogen) atoms. The van der Waals surface area contributed by atoms with Crippen molar-refractivity contribution in [3.8, 4) is 5.75 Å². The van der Waals surface area contributed by atoms with Crippen LogP contribution in [0.25, 0.3) is 0 Å². The summed E-state index contributed by atoms with van der Waals surface area (Å²) in [5.41, 5.74) is 0.648. The monoisotopic (exact) mass is 478 g/mol. The van der Waals surface area contributed by atoms with Crippen LogP contribution in [0.5, 0.6) is 5.75 Å². The Balaban J connectivity index is 1.91. The SMILES string of the molecule is CCOc1ccc(S(=O)(=O)N(CC(=O)Nc2cccc(Cl)c2Cl)c2ccccc2)cc1. The molecule has 0 aliphatic rings. The van der Waals surface area contributed by atoms with E-state index in [1.54, 1.807) is 60.7 Å². The van der Waals surface area contributed by atoms with Gasteiger partial charge in [-0.25, -0.2) is 8.42 Å². The standard InChI is InChI=1S/C22H20Cl2N2O4S/c1-2-30-17-11-13-18(14-12-17)31(28,29)26(16-7-4-3-5-8-16)15-21(27)25-20-10-6-9-19(23)22(20)24/h3-14H,2,15H2,1H3,(H,25,27). The molecular weight excluding hydrogens is 459 g/mol. The Bertz CT molecular complexity index is 1150. The third-order valence-corrected chi connectivity index (χ3v) is 6.89. The second-order valence-electron chi connectivity index (χ2n) is 6.40. The first-order chi connectivity index (χ1) is 14.8. The fraction of sp³-hybridized carbons (Fsp3) is 0.136. The van der Waals surface area contributed by atoms with Gasteiger partial charge in [-0.3, -0.25) is 9.10 Å². The summed E-state index contributed by atoms with van der Waals surface area (Å²) in [5.74, 6) is -0.0106. The van der Waals surface area contributed by atoms with Gasteiger partial charge in [0.05, 0.1) is 32.9 Å². The number of para-hydroxylation sites is 1. The van der Waals surface area contributed by atoms with Gasteiger partial charge in [0.1, 0.15) is 12.3 Å². The van der Waals surface area contributed by atoms with Crippen LogP contribution in [0.2, 0.25) is 10.0 Å². The van der Waals surface area contributed by atoms with Gasteiger partial charge in [-0.05, 0) is 55.5 Å². The van der Waals surface area contributed by atoms with Crippen molar-refractivity contribution in [1.29, 1.82) is 0 Å². The van der Waals surface area contributed by atoms with Gasteiger partial charge in [0.15, 0.2) is 0 Å². The first kappa shape index (κ1) is 22.9. The fourth-order valence-corrected chi connectivity index (χ4v) is 4.60. The summed E-state index contributed by atoms with van der Waals surface area (Å²) in [6.07, 6.45) is 0. The van der Waals surface area contributed by atoms with Crippen LogP contribution >= 0.6 is 23.2 Å². The van der Waals surface area contributed by atoms with Crippen LogP contribution < -0.4 is 14.4 Å². The summed E-state index contributed by atoms with van der Waals surface area (Å²) >= 11 is 12.1. The summed E-state index contributed by atoms with van der Waals surface area (Å²) < 4.78 is 33.2. The minimum Gasteiger partial charge on any atom is -0.494 e. The average Bonchev–Trinajstić information content (AvgIpc) is 2.76. The Morgan fingerprint density at radius 2 is 1.65 bits per heavy atom. The number of anilines is 2. The number of carbonyl (C=O) groups excluding carboxylic acids is 1. The van der Waals surface area contributed by atoms with E-state index in [9.17, 15) is 13.2 Å². The zero-order chi connectivity index (χ0) is 22.4. The van der Waals surface area contributed by atoms with Gasteiger partial charge in [-0.15, -0.1) is 0 Å². The first-order valence-corrected chi connectivity index (χ1v) is 11.6. The van der Waals surface area contributed by atoms with Crippen LogP contribution in [0.3, 0.4) is 0 Å². The number of nitrogens with one attached hydrogen (secondary N) is 1. The molecule has 0 bridgehead atoms. The Labute approximate surface area is 191 Å². The van der Waals surface area contributed by atoms with Gasteiger partial charge < -0.3 is 10.1 Å². The lowest BCUT2D eigenvalue weighted by Crippen LogP contribution is -2.38. The normalized spacial score (nSPS) is 11.1. The summed E-state index contributed by atoms with van der Waals surface area (Å²) in [6, 6.07) is 19.2. The smallest absolute Gasteiger partial charge is 0.264 e. The van der Waals surface area contributed by atoms with E-state index in [2.05, 4.69) is 5.32 Å². The number of hydrogen-bond acceptors (Lipinski definition) is 4. The molecule has 162 valence electrons. The molecule has 0 saturated heterocycles. The molecule has 0 aromatic heterocycles. The second-order valence-corrected chi connectivity index (χ2v) is 9.05. The number of nitrogens with zero attached hydrogens (tertiary/aromatic N) is 1. The van der Waals surface area contributed by atoms with Gasteiger partial charge >= 0.3 is 0 Å². The molecule has 0 saturated carbocycles. The van der Waals surface area contributed by atoms with Crippen LogP contribution in [0.4, 0.5) is 11.4 Å². The number of rotatable bonds is 8. The maximum Gasteiger partial charge on any atom is 0.264 e. The number of ether oxygens (including phenoxy) is 1. The molecule has 3 rings (SSSR count). The molecule has 0 fully saturated rings. The predicted molar refractivity (Wildman–Crippen MR) is 124 cm³/mol. The van der Waals surface area contributed by atoms with E-state index in [0.29, 0.717) is 23.7 Å². The van der Waals surface area contributed by atoms with Crippen molar-refractivity contribution < 1.29 is 17.9 Å². The molecule has 0 aliphatic carbocycles.